The third-order valence-electron chi connectivity index (χ3n) is 11.2. The smallest absolute Gasteiger partial charge is 0.161 e. The van der Waals surface area contributed by atoms with Gasteiger partial charge in [0.15, 0.2) is 5.82 Å². The highest BCUT2D eigenvalue weighted by Gasteiger charge is 2.38. The van der Waals surface area contributed by atoms with Gasteiger partial charge in [0.25, 0.3) is 0 Å². The summed E-state index contributed by atoms with van der Waals surface area (Å²) in [7, 11) is 0. The van der Waals surface area contributed by atoms with E-state index >= 15 is 0 Å². The van der Waals surface area contributed by atoms with Crippen molar-refractivity contribution in [2.45, 2.75) is 12.0 Å². The quantitative estimate of drug-likeness (QED) is 0.184. The maximum Gasteiger partial charge on any atom is 0.161 e. The molecule has 0 spiro atoms. The molecule has 10 aromatic rings. The van der Waals surface area contributed by atoms with Gasteiger partial charge in [-0.25, -0.2) is 9.97 Å². The van der Waals surface area contributed by atoms with E-state index < -0.39 is 0 Å². The Labute approximate surface area is 308 Å². The van der Waals surface area contributed by atoms with Gasteiger partial charge in [-0.2, -0.15) is 0 Å². The largest absolute Gasteiger partial charge is 0.456 e. The molecule has 2 unspecified atom stereocenters. The molecule has 53 heavy (non-hydrogen) atoms. The first kappa shape index (κ1) is 29.1. The number of fused-ring (bicyclic) bond motifs is 11. The summed E-state index contributed by atoms with van der Waals surface area (Å²) >= 11 is 1.75. The van der Waals surface area contributed by atoms with Crippen molar-refractivity contribution in [2.24, 2.45) is 0 Å². The third-order valence-corrected chi connectivity index (χ3v) is 12.4. The molecule has 1 aliphatic carbocycles. The first-order chi connectivity index (χ1) is 26.3. The predicted molar refractivity (Wildman–Crippen MR) is 221 cm³/mol. The van der Waals surface area contributed by atoms with Gasteiger partial charge in [-0.1, -0.05) is 121 Å². The average molecular weight is 696 g/mol. The van der Waals surface area contributed by atoms with Gasteiger partial charge in [0.05, 0.1) is 22.0 Å². The monoisotopic (exact) mass is 695 g/mol. The number of aromatic nitrogens is 2. The van der Waals surface area contributed by atoms with E-state index in [2.05, 4.69) is 157 Å². The standard InChI is InChI=1S/C48H29N3OS/c1-2-12-29-26-41-38(25-28(29)11-1)33-13-3-6-19-39(33)51(41)40-20-10-16-31-32(40)17-9-18-36(31)48-49-45(47-46(50-48)37-15-5-8-22-44(37)53-47)30-23-24-35-34-14-4-7-21-42(34)52-43(35)27-30/h1-27,33,39H. The summed E-state index contributed by atoms with van der Waals surface area (Å²) in [6, 6.07) is 50.2. The molecule has 2 aliphatic rings. The zero-order valence-electron chi connectivity index (χ0n) is 28.4. The lowest BCUT2D eigenvalue weighted by Gasteiger charge is -2.30. The highest BCUT2D eigenvalue weighted by atomic mass is 32.1. The molecule has 0 radical (unpaired) electrons. The molecular weight excluding hydrogens is 667 g/mol. The molecule has 12 rings (SSSR count). The molecule has 4 heterocycles. The van der Waals surface area contributed by atoms with Crippen molar-refractivity contribution in [1.82, 2.24) is 9.97 Å². The van der Waals surface area contributed by atoms with Crippen molar-refractivity contribution in [3.63, 3.8) is 0 Å². The summed E-state index contributed by atoms with van der Waals surface area (Å²) < 4.78 is 8.63. The zero-order chi connectivity index (χ0) is 34.6. The van der Waals surface area contributed by atoms with E-state index in [1.807, 2.05) is 12.1 Å². The minimum atomic E-state index is 0.186. The molecule has 0 amide bonds. The minimum absolute atomic E-state index is 0.186. The Balaban J connectivity index is 1.08. The van der Waals surface area contributed by atoms with Crippen molar-refractivity contribution >= 4 is 86.5 Å². The van der Waals surface area contributed by atoms with E-state index in [0.717, 1.165) is 65.6 Å². The number of anilines is 2. The van der Waals surface area contributed by atoms with E-state index in [4.69, 9.17) is 14.4 Å². The SMILES string of the molecule is C1=CC2c3cc4ccccc4cc3N(c3cccc4c(-c5nc(-c6ccc7c(c6)oc6ccccc67)c6sc7ccccc7c6n5)cccc34)C2C=C1. The second-order valence-corrected chi connectivity index (χ2v) is 15.1. The molecule has 248 valence electrons. The fourth-order valence-electron chi connectivity index (χ4n) is 8.78. The number of hydrogen-bond donors (Lipinski definition) is 0. The number of allylic oxidation sites excluding steroid dienone is 2. The molecule has 0 fully saturated rings. The highest BCUT2D eigenvalue weighted by Crippen LogP contribution is 2.51. The Hall–Kier alpha value is -6.56. The van der Waals surface area contributed by atoms with Gasteiger partial charge in [0, 0.05) is 54.7 Å². The molecule has 4 nitrogen and oxygen atoms in total. The van der Waals surface area contributed by atoms with E-state index in [1.165, 1.54) is 37.8 Å². The Morgan fingerprint density at radius 1 is 0.566 bits per heavy atom. The first-order valence-electron chi connectivity index (χ1n) is 18.1. The molecule has 0 saturated heterocycles. The van der Waals surface area contributed by atoms with Crippen molar-refractivity contribution in [3.8, 4) is 22.6 Å². The predicted octanol–water partition coefficient (Wildman–Crippen LogP) is 13.1. The number of rotatable bonds is 3. The lowest BCUT2D eigenvalue weighted by Crippen LogP contribution is -2.28. The van der Waals surface area contributed by atoms with Crippen molar-refractivity contribution in [2.75, 3.05) is 4.90 Å². The Morgan fingerprint density at radius 3 is 2.26 bits per heavy atom. The van der Waals surface area contributed by atoms with E-state index in [-0.39, 0.29) is 12.0 Å². The fourth-order valence-corrected chi connectivity index (χ4v) is 9.93. The van der Waals surface area contributed by atoms with Crippen LogP contribution in [0.25, 0.3) is 86.4 Å². The summed E-state index contributed by atoms with van der Waals surface area (Å²) in [6.07, 6.45) is 9.08. The third kappa shape index (κ3) is 4.23. The molecule has 5 heteroatoms. The van der Waals surface area contributed by atoms with Crippen molar-refractivity contribution in [1.29, 1.82) is 0 Å². The van der Waals surface area contributed by atoms with Crippen molar-refractivity contribution in [3.05, 3.63) is 169 Å². The zero-order valence-corrected chi connectivity index (χ0v) is 29.2. The van der Waals surface area contributed by atoms with E-state index in [9.17, 15) is 0 Å². The maximum absolute atomic E-state index is 6.35. The fraction of sp³-hybridized carbons (Fsp3) is 0.0417. The van der Waals surface area contributed by atoms with E-state index in [1.54, 1.807) is 11.3 Å². The molecule has 3 aromatic heterocycles. The van der Waals surface area contributed by atoms with Crippen LogP contribution in [-0.4, -0.2) is 16.0 Å². The van der Waals surface area contributed by atoms with Crippen LogP contribution in [0.2, 0.25) is 0 Å². The van der Waals surface area contributed by atoms with Gasteiger partial charge in [-0.3, -0.25) is 0 Å². The average Bonchev–Trinajstić information content (AvgIpc) is 3.88. The summed E-state index contributed by atoms with van der Waals surface area (Å²) in [6.45, 7) is 0. The molecular formula is C48H29N3OS. The van der Waals surface area contributed by atoms with E-state index in [0.29, 0.717) is 0 Å². The molecule has 1 aliphatic heterocycles. The summed E-state index contributed by atoms with van der Waals surface area (Å²) in [4.78, 5) is 13.4. The van der Waals surface area contributed by atoms with Gasteiger partial charge < -0.3 is 9.32 Å². The number of para-hydroxylation sites is 1. The van der Waals surface area contributed by atoms with Gasteiger partial charge in [-0.15, -0.1) is 11.3 Å². The number of hydrogen-bond acceptors (Lipinski definition) is 5. The van der Waals surface area contributed by atoms with Crippen LogP contribution < -0.4 is 4.90 Å². The van der Waals surface area contributed by atoms with Crippen LogP contribution in [0.3, 0.4) is 0 Å². The first-order valence-corrected chi connectivity index (χ1v) is 18.9. The van der Waals surface area contributed by atoms with Gasteiger partial charge >= 0.3 is 0 Å². The van der Waals surface area contributed by atoms with Gasteiger partial charge in [0.1, 0.15) is 11.2 Å². The number of furan rings is 1. The molecule has 7 aromatic carbocycles. The second kappa shape index (κ2) is 11.0. The lowest BCUT2D eigenvalue weighted by molar-refractivity contribution is 0.669. The summed E-state index contributed by atoms with van der Waals surface area (Å²) in [5.41, 5.74) is 9.49. The van der Waals surface area contributed by atoms with Crippen LogP contribution in [0.4, 0.5) is 11.4 Å². The van der Waals surface area contributed by atoms with Crippen molar-refractivity contribution < 1.29 is 4.42 Å². The topological polar surface area (TPSA) is 42.2 Å². The molecule has 0 saturated carbocycles. The molecule has 0 bridgehead atoms. The van der Waals surface area contributed by atoms with Crippen LogP contribution in [0, 0.1) is 0 Å². The minimum Gasteiger partial charge on any atom is -0.456 e. The van der Waals surface area contributed by atoms with Crippen LogP contribution in [0.5, 0.6) is 0 Å². The van der Waals surface area contributed by atoms with Crippen LogP contribution in [0.1, 0.15) is 11.5 Å². The number of thiophene rings is 1. The van der Waals surface area contributed by atoms with Crippen LogP contribution in [0.15, 0.2) is 168 Å². The second-order valence-electron chi connectivity index (χ2n) is 14.1. The lowest BCUT2D eigenvalue weighted by atomic mass is 9.90. The Kier molecular flexibility index (Phi) is 6.02. The number of benzene rings is 7. The van der Waals surface area contributed by atoms with Gasteiger partial charge in [0.2, 0.25) is 0 Å². The Morgan fingerprint density at radius 2 is 1.32 bits per heavy atom. The van der Waals surface area contributed by atoms with Crippen LogP contribution >= 0.6 is 11.3 Å². The normalized spacial score (nSPS) is 16.5. The van der Waals surface area contributed by atoms with Crippen LogP contribution in [-0.2, 0) is 0 Å². The van der Waals surface area contributed by atoms with Gasteiger partial charge in [-0.05, 0) is 64.2 Å². The molecule has 0 N–H and O–H groups in total. The number of nitrogens with zero attached hydrogens (tertiary/aromatic N) is 3. The molecule has 2 atom stereocenters. The summed E-state index contributed by atoms with van der Waals surface area (Å²) in [5, 5.41) is 8.21. The Bertz CT molecular complexity index is 3220. The maximum atomic E-state index is 6.35. The highest BCUT2D eigenvalue weighted by molar-refractivity contribution is 7.26. The summed E-state index contributed by atoms with van der Waals surface area (Å²) in [5.74, 6) is 0.997.